The molecule has 0 spiro atoms. The van der Waals surface area contributed by atoms with Crippen LogP contribution in [0.4, 0.5) is 0 Å². The maximum Gasteiger partial charge on any atom is 0.268 e. The van der Waals surface area contributed by atoms with E-state index in [1.54, 1.807) is 6.07 Å². The predicted molar refractivity (Wildman–Crippen MR) is 133 cm³/mol. The number of pyridine rings is 1. The molecule has 8 nitrogen and oxygen atoms in total. The van der Waals surface area contributed by atoms with Crippen molar-refractivity contribution >= 4 is 33.5 Å². The van der Waals surface area contributed by atoms with Crippen molar-refractivity contribution in [2.45, 2.75) is 44.3 Å². The molecule has 1 aliphatic carbocycles. The lowest BCUT2D eigenvalue weighted by Crippen LogP contribution is -2.41. The number of nitrogens with one attached hydrogen (secondary N) is 1. The highest BCUT2D eigenvalue weighted by Gasteiger charge is 2.24. The molecule has 174 valence electrons. The molecule has 4 aromatic rings. The zero-order valence-corrected chi connectivity index (χ0v) is 18.8. The van der Waals surface area contributed by atoms with Crippen molar-refractivity contribution in [2.75, 3.05) is 0 Å². The normalized spacial score (nSPS) is 18.9. The highest BCUT2D eigenvalue weighted by Crippen LogP contribution is 2.25. The average Bonchev–Trinajstić information content (AvgIpc) is 3.23. The molecule has 2 aromatic carbocycles. The summed E-state index contributed by atoms with van der Waals surface area (Å²) < 4.78 is 1.91. The molecule has 1 saturated carbocycles. The molecule has 0 saturated heterocycles. The Morgan fingerprint density at radius 2 is 1.82 bits per heavy atom. The van der Waals surface area contributed by atoms with Crippen molar-refractivity contribution in [3.63, 3.8) is 0 Å². The Labute approximate surface area is 197 Å². The molecule has 6 N–H and O–H groups in total. The first kappa shape index (κ1) is 21.9. The SMILES string of the molecule is N/C(=N\O)c1ccc2cc(C(=O)N[C@H]3CC[C@H](N)CC3)n(Cc3cccc4ccccc34)c2n1. The van der Waals surface area contributed by atoms with Crippen LogP contribution in [0.5, 0.6) is 0 Å². The van der Waals surface area contributed by atoms with Crippen LogP contribution in [0, 0.1) is 0 Å². The average molecular weight is 457 g/mol. The third-order valence-corrected chi connectivity index (χ3v) is 6.66. The van der Waals surface area contributed by atoms with Crippen molar-refractivity contribution in [1.29, 1.82) is 0 Å². The quantitative estimate of drug-likeness (QED) is 0.158. The first-order chi connectivity index (χ1) is 16.5. The van der Waals surface area contributed by atoms with E-state index < -0.39 is 0 Å². The Hall–Kier alpha value is -3.91. The van der Waals surface area contributed by atoms with E-state index in [4.69, 9.17) is 16.7 Å². The Morgan fingerprint density at radius 3 is 2.62 bits per heavy atom. The molecule has 2 heterocycles. The fourth-order valence-corrected chi connectivity index (χ4v) is 4.79. The minimum atomic E-state index is -0.135. The second kappa shape index (κ2) is 9.15. The number of carbonyl (C=O) groups excluding carboxylic acids is 1. The van der Waals surface area contributed by atoms with Gasteiger partial charge in [-0.3, -0.25) is 4.79 Å². The molecule has 2 aromatic heterocycles. The first-order valence-electron chi connectivity index (χ1n) is 11.5. The van der Waals surface area contributed by atoms with Gasteiger partial charge in [0.25, 0.3) is 5.91 Å². The summed E-state index contributed by atoms with van der Waals surface area (Å²) in [7, 11) is 0. The number of rotatable bonds is 5. The van der Waals surface area contributed by atoms with E-state index in [0.717, 1.165) is 47.4 Å². The van der Waals surface area contributed by atoms with Gasteiger partial charge in [-0.1, -0.05) is 47.6 Å². The van der Waals surface area contributed by atoms with E-state index in [1.165, 1.54) is 0 Å². The molecular weight excluding hydrogens is 428 g/mol. The van der Waals surface area contributed by atoms with Crippen LogP contribution >= 0.6 is 0 Å². The van der Waals surface area contributed by atoms with E-state index in [1.807, 2.05) is 34.9 Å². The second-order valence-corrected chi connectivity index (χ2v) is 8.93. The summed E-state index contributed by atoms with van der Waals surface area (Å²) in [6.07, 6.45) is 3.58. The number of carbonyl (C=O) groups is 1. The molecule has 34 heavy (non-hydrogen) atoms. The second-order valence-electron chi connectivity index (χ2n) is 8.93. The fraction of sp³-hybridized carbons (Fsp3) is 0.269. The number of fused-ring (bicyclic) bond motifs is 2. The number of hydrogen-bond acceptors (Lipinski definition) is 5. The van der Waals surface area contributed by atoms with Gasteiger partial charge in [0.05, 0.1) is 6.54 Å². The molecule has 0 radical (unpaired) electrons. The molecule has 0 atom stereocenters. The molecule has 0 bridgehead atoms. The molecular formula is C26H28N6O2. The van der Waals surface area contributed by atoms with Crippen molar-refractivity contribution < 1.29 is 10.0 Å². The zero-order valence-electron chi connectivity index (χ0n) is 18.8. The van der Waals surface area contributed by atoms with Gasteiger partial charge in [0.15, 0.2) is 5.84 Å². The van der Waals surface area contributed by atoms with Gasteiger partial charge in [-0.2, -0.15) is 0 Å². The van der Waals surface area contributed by atoms with Crippen molar-refractivity contribution in [2.24, 2.45) is 16.6 Å². The van der Waals surface area contributed by atoms with Gasteiger partial charge in [-0.05, 0) is 60.2 Å². The number of oxime groups is 1. The van der Waals surface area contributed by atoms with E-state index >= 15 is 0 Å². The van der Waals surface area contributed by atoms with Crippen LogP contribution in [-0.2, 0) is 6.54 Å². The summed E-state index contributed by atoms with van der Waals surface area (Å²) in [4.78, 5) is 18.1. The molecule has 1 amide bonds. The van der Waals surface area contributed by atoms with Crippen LogP contribution in [0.3, 0.4) is 0 Å². The van der Waals surface area contributed by atoms with Crippen molar-refractivity contribution in [3.05, 3.63) is 77.6 Å². The van der Waals surface area contributed by atoms with Crippen molar-refractivity contribution in [1.82, 2.24) is 14.9 Å². The summed E-state index contributed by atoms with van der Waals surface area (Å²) in [6.45, 7) is 0.454. The summed E-state index contributed by atoms with van der Waals surface area (Å²) in [5.74, 6) is -0.214. The zero-order chi connectivity index (χ0) is 23.7. The number of amides is 1. The van der Waals surface area contributed by atoms with Gasteiger partial charge in [0.1, 0.15) is 17.0 Å². The van der Waals surface area contributed by atoms with E-state index in [-0.39, 0.29) is 23.8 Å². The van der Waals surface area contributed by atoms with Gasteiger partial charge in [-0.25, -0.2) is 4.98 Å². The largest absolute Gasteiger partial charge is 0.409 e. The maximum atomic E-state index is 13.4. The number of aromatic nitrogens is 2. The van der Waals surface area contributed by atoms with Crippen LogP contribution in [-0.4, -0.2) is 38.6 Å². The lowest BCUT2D eigenvalue weighted by Gasteiger charge is -2.27. The number of nitrogens with zero attached hydrogens (tertiary/aromatic N) is 3. The summed E-state index contributed by atoms with van der Waals surface area (Å²) >= 11 is 0. The maximum absolute atomic E-state index is 13.4. The highest BCUT2D eigenvalue weighted by molar-refractivity contribution is 6.00. The highest BCUT2D eigenvalue weighted by atomic mass is 16.4. The lowest BCUT2D eigenvalue weighted by molar-refractivity contribution is 0.0917. The lowest BCUT2D eigenvalue weighted by atomic mass is 9.92. The fourth-order valence-electron chi connectivity index (χ4n) is 4.79. The summed E-state index contributed by atoms with van der Waals surface area (Å²) in [5, 5.41) is 18.5. The van der Waals surface area contributed by atoms with E-state index in [9.17, 15) is 4.79 Å². The molecule has 0 aliphatic heterocycles. The van der Waals surface area contributed by atoms with Crippen LogP contribution in [0.15, 0.2) is 65.8 Å². The Balaban J connectivity index is 1.58. The Morgan fingerprint density at radius 1 is 1.06 bits per heavy atom. The minimum absolute atomic E-state index is 0.0793. The van der Waals surface area contributed by atoms with Gasteiger partial charge >= 0.3 is 0 Å². The Bertz CT molecular complexity index is 1380. The number of nitrogens with two attached hydrogens (primary N) is 2. The summed E-state index contributed by atoms with van der Waals surface area (Å²) in [5.41, 5.74) is 14.4. The van der Waals surface area contributed by atoms with Crippen molar-refractivity contribution in [3.8, 4) is 0 Å². The van der Waals surface area contributed by atoms with E-state index in [0.29, 0.717) is 23.6 Å². The summed E-state index contributed by atoms with van der Waals surface area (Å²) in [6, 6.07) is 20.0. The molecule has 5 rings (SSSR count). The third-order valence-electron chi connectivity index (χ3n) is 6.66. The monoisotopic (exact) mass is 456 g/mol. The van der Waals surface area contributed by atoms with Crippen LogP contribution in [0.1, 0.15) is 47.4 Å². The van der Waals surface area contributed by atoms with Gasteiger partial charge in [0.2, 0.25) is 0 Å². The molecule has 0 unspecified atom stereocenters. The van der Waals surface area contributed by atoms with E-state index in [2.05, 4.69) is 39.7 Å². The van der Waals surface area contributed by atoms with Gasteiger partial charge < -0.3 is 26.6 Å². The molecule has 1 aliphatic rings. The van der Waals surface area contributed by atoms with Crippen LogP contribution < -0.4 is 16.8 Å². The molecule has 8 heteroatoms. The van der Waals surface area contributed by atoms with Crippen LogP contribution in [0.2, 0.25) is 0 Å². The number of benzene rings is 2. The number of amidine groups is 1. The molecule has 1 fully saturated rings. The van der Waals surface area contributed by atoms with Gasteiger partial charge in [0, 0.05) is 17.5 Å². The smallest absolute Gasteiger partial charge is 0.268 e. The minimum Gasteiger partial charge on any atom is -0.409 e. The Kier molecular flexibility index (Phi) is 5.90. The number of hydrogen-bond donors (Lipinski definition) is 4. The standard InChI is InChI=1S/C26H28N6O2/c27-19-9-11-20(12-10-19)29-26(33)23-14-17-8-13-22(24(28)31-34)30-25(17)32(23)15-18-6-3-5-16-4-1-2-7-21(16)18/h1-8,13-14,19-20,34H,9-12,15,27H2,(H2,28,31)(H,29,33)/t19-,20-. The predicted octanol–water partition coefficient (Wildman–Crippen LogP) is 3.33. The van der Waals surface area contributed by atoms with Crippen LogP contribution in [0.25, 0.3) is 21.8 Å². The topological polar surface area (TPSA) is 132 Å². The first-order valence-corrected chi connectivity index (χ1v) is 11.5. The van der Waals surface area contributed by atoms with Gasteiger partial charge in [-0.15, -0.1) is 0 Å². The third kappa shape index (κ3) is 4.20.